The minimum Gasteiger partial charge on any atom is -0.622 e. The summed E-state index contributed by atoms with van der Waals surface area (Å²) in [6.45, 7) is 2.67. The Morgan fingerprint density at radius 1 is 1.22 bits per heavy atom. The molecule has 4 rings (SSSR count). The third kappa shape index (κ3) is 1.87. The average molecular weight is 323 g/mol. The Kier molecular flexibility index (Phi) is 3.62. The van der Waals surface area contributed by atoms with Crippen LogP contribution in [-0.4, -0.2) is 68.9 Å². The number of aliphatic hydroxyl groups is 1. The molecule has 128 valence electrons. The van der Waals surface area contributed by atoms with Gasteiger partial charge in [-0.3, -0.25) is 0 Å². The second kappa shape index (κ2) is 5.43. The molecule has 2 N–H and O–H groups in total. The lowest BCUT2D eigenvalue weighted by Gasteiger charge is -2.47. The molecule has 2 heterocycles. The molecule has 0 bridgehead atoms. The lowest BCUT2D eigenvalue weighted by atomic mass is 9.65. The molecular weight excluding hydrogens is 298 g/mol. The van der Waals surface area contributed by atoms with Crippen molar-refractivity contribution in [1.82, 2.24) is 4.90 Å². The molecule has 0 radical (unpaired) electrons. The van der Waals surface area contributed by atoms with Gasteiger partial charge in [-0.25, -0.2) is 4.90 Å². The van der Waals surface area contributed by atoms with Crippen LogP contribution < -0.4 is 0 Å². The van der Waals surface area contributed by atoms with Gasteiger partial charge in [0.2, 0.25) is 11.4 Å². The topological polar surface area (TPSA) is 91.4 Å². The Balaban J connectivity index is 1.85. The van der Waals surface area contributed by atoms with Crippen LogP contribution in [0.15, 0.2) is 5.16 Å². The Morgan fingerprint density at radius 3 is 2.74 bits per heavy atom. The molecule has 2 saturated carbocycles. The van der Waals surface area contributed by atoms with E-state index in [0.29, 0.717) is 50.6 Å². The zero-order valence-corrected chi connectivity index (χ0v) is 13.4. The first-order chi connectivity index (χ1) is 11.2. The number of hydroxylamine groups is 1. The summed E-state index contributed by atoms with van der Waals surface area (Å²) in [5.41, 5.74) is -1.18. The molecule has 7 heteroatoms. The van der Waals surface area contributed by atoms with Gasteiger partial charge >= 0.3 is 0 Å². The van der Waals surface area contributed by atoms with E-state index in [-0.39, 0.29) is 5.92 Å². The Bertz CT molecular complexity index is 558. The Hall–Kier alpha value is -1.18. The summed E-state index contributed by atoms with van der Waals surface area (Å²) in [5.74, 6) is -0.222. The highest BCUT2D eigenvalue weighted by Gasteiger charge is 2.71. The van der Waals surface area contributed by atoms with Gasteiger partial charge in [0.25, 0.3) is 0 Å². The smallest absolute Gasteiger partial charge is 0.235 e. The van der Waals surface area contributed by atoms with Crippen molar-refractivity contribution in [2.75, 3.05) is 26.3 Å². The van der Waals surface area contributed by atoms with Gasteiger partial charge < -0.3 is 20.3 Å². The molecule has 2 aliphatic heterocycles. The third-order valence-electron chi connectivity index (χ3n) is 6.33. The van der Waals surface area contributed by atoms with Crippen LogP contribution in [0.2, 0.25) is 0 Å². The summed E-state index contributed by atoms with van der Waals surface area (Å²) in [5, 5.41) is 37.7. The lowest BCUT2D eigenvalue weighted by molar-refractivity contribution is -0.591. The molecule has 0 aromatic carbocycles. The molecule has 7 nitrogen and oxygen atoms in total. The maximum atomic E-state index is 13.4. The van der Waals surface area contributed by atoms with Crippen molar-refractivity contribution in [3.63, 3.8) is 0 Å². The largest absolute Gasteiger partial charge is 0.622 e. The van der Waals surface area contributed by atoms with Gasteiger partial charge in [-0.2, -0.15) is 4.74 Å². The second-order valence-electron chi connectivity index (χ2n) is 7.18. The minimum absolute atomic E-state index is 0.222. The number of morpholine rings is 1. The first kappa shape index (κ1) is 15.4. The van der Waals surface area contributed by atoms with Gasteiger partial charge in [0.1, 0.15) is 0 Å². The summed E-state index contributed by atoms with van der Waals surface area (Å²) in [6.07, 6.45) is 5.42. The highest BCUT2D eigenvalue weighted by atomic mass is 16.5. The monoisotopic (exact) mass is 323 g/mol. The van der Waals surface area contributed by atoms with Crippen molar-refractivity contribution in [2.45, 2.75) is 56.2 Å². The molecule has 23 heavy (non-hydrogen) atoms. The normalized spacial score (nSPS) is 43.5. The number of ether oxygens (including phenoxy) is 1. The van der Waals surface area contributed by atoms with Crippen LogP contribution >= 0.6 is 0 Å². The van der Waals surface area contributed by atoms with Gasteiger partial charge in [-0.05, 0) is 25.7 Å². The van der Waals surface area contributed by atoms with E-state index in [0.717, 1.165) is 36.8 Å². The van der Waals surface area contributed by atoms with Crippen LogP contribution in [0.1, 0.15) is 44.9 Å². The zero-order chi connectivity index (χ0) is 16.1. The maximum absolute atomic E-state index is 13.4. The number of oxime groups is 1. The Morgan fingerprint density at radius 2 is 2.00 bits per heavy atom. The van der Waals surface area contributed by atoms with E-state index in [4.69, 9.17) is 4.74 Å². The van der Waals surface area contributed by atoms with Crippen molar-refractivity contribution >= 4 is 11.4 Å². The first-order valence-corrected chi connectivity index (χ1v) is 8.76. The third-order valence-corrected chi connectivity index (χ3v) is 6.33. The molecule has 0 aromatic rings. The van der Waals surface area contributed by atoms with Crippen LogP contribution in [0.25, 0.3) is 0 Å². The van der Waals surface area contributed by atoms with Gasteiger partial charge in [0.15, 0.2) is 5.60 Å². The summed E-state index contributed by atoms with van der Waals surface area (Å²) in [4.78, 5) is 2.21. The van der Waals surface area contributed by atoms with Crippen LogP contribution in [0.5, 0.6) is 0 Å². The van der Waals surface area contributed by atoms with E-state index in [1.165, 1.54) is 0 Å². The zero-order valence-electron chi connectivity index (χ0n) is 13.4. The number of rotatable bonds is 1. The van der Waals surface area contributed by atoms with Crippen LogP contribution in [0.4, 0.5) is 0 Å². The quantitative estimate of drug-likeness (QED) is 0.324. The predicted octanol–water partition coefficient (Wildman–Crippen LogP) is 0.915. The fraction of sp³-hybridized carbons (Fsp3) is 0.875. The summed E-state index contributed by atoms with van der Waals surface area (Å²) < 4.78 is 6.57. The van der Waals surface area contributed by atoms with Gasteiger partial charge in [-0.15, -0.1) is 0 Å². The van der Waals surface area contributed by atoms with Crippen molar-refractivity contribution in [3.05, 3.63) is 5.21 Å². The summed E-state index contributed by atoms with van der Waals surface area (Å²) in [7, 11) is 0. The molecule has 3 fully saturated rings. The number of hydrogen-bond acceptors (Lipinski definition) is 6. The average Bonchev–Trinajstić information content (AvgIpc) is 2.82. The van der Waals surface area contributed by atoms with Gasteiger partial charge in [0.05, 0.1) is 24.8 Å². The van der Waals surface area contributed by atoms with Crippen LogP contribution in [-0.2, 0) is 4.74 Å². The maximum Gasteiger partial charge on any atom is 0.235 e. The van der Waals surface area contributed by atoms with E-state index in [2.05, 4.69) is 10.1 Å². The molecule has 0 unspecified atom stereocenters. The molecule has 0 aromatic heterocycles. The van der Waals surface area contributed by atoms with Crippen molar-refractivity contribution < 1.29 is 19.8 Å². The minimum atomic E-state index is -1.37. The SMILES string of the molecule is [O-][N+]1=C2CCC/C(=N/O)[C@@]2(O)[C@H]2CCCC[C@@]21N1CCOCC1. The highest BCUT2D eigenvalue weighted by Crippen LogP contribution is 2.52. The van der Waals surface area contributed by atoms with Crippen molar-refractivity contribution in [1.29, 1.82) is 0 Å². The van der Waals surface area contributed by atoms with E-state index in [9.17, 15) is 15.5 Å². The lowest BCUT2D eigenvalue weighted by Crippen LogP contribution is -2.65. The van der Waals surface area contributed by atoms with Crippen molar-refractivity contribution in [3.8, 4) is 0 Å². The Labute approximate surface area is 135 Å². The van der Waals surface area contributed by atoms with E-state index in [1.54, 1.807) is 0 Å². The molecular formula is C16H25N3O4. The van der Waals surface area contributed by atoms with E-state index >= 15 is 0 Å². The standard InChI is InChI=1S/C16H25N3O4/c20-16-12-4-1-2-7-15(12,18-8-10-23-11-9-18)19(22)14(16)6-3-5-13(16)17-21/h12,20-21H,1-11H2/b17-13-/t12-,15-,16-/m0/s1. The highest BCUT2D eigenvalue weighted by molar-refractivity contribution is 6.15. The summed E-state index contributed by atoms with van der Waals surface area (Å²) >= 11 is 0. The van der Waals surface area contributed by atoms with E-state index in [1.807, 2.05) is 0 Å². The number of fused-ring (bicyclic) bond motifs is 3. The first-order valence-electron chi connectivity index (χ1n) is 8.76. The number of hydrogen-bond donors (Lipinski definition) is 2. The molecule has 0 amide bonds. The molecule has 1 saturated heterocycles. The van der Waals surface area contributed by atoms with E-state index < -0.39 is 11.3 Å². The van der Waals surface area contributed by atoms with Crippen LogP contribution in [0.3, 0.4) is 0 Å². The van der Waals surface area contributed by atoms with Gasteiger partial charge in [0, 0.05) is 25.9 Å². The van der Waals surface area contributed by atoms with Crippen LogP contribution in [0, 0.1) is 11.1 Å². The fourth-order valence-electron chi connectivity index (χ4n) is 5.37. The molecule has 3 atom stereocenters. The predicted molar refractivity (Wildman–Crippen MR) is 83.7 cm³/mol. The van der Waals surface area contributed by atoms with Gasteiger partial charge in [-0.1, -0.05) is 11.6 Å². The summed E-state index contributed by atoms with van der Waals surface area (Å²) in [6, 6.07) is 0. The second-order valence-corrected chi connectivity index (χ2v) is 7.18. The molecule has 0 spiro atoms. The van der Waals surface area contributed by atoms with Crippen molar-refractivity contribution in [2.24, 2.45) is 11.1 Å². The molecule has 2 aliphatic carbocycles. The molecule has 4 aliphatic rings. The number of nitrogens with zero attached hydrogens (tertiary/aromatic N) is 3. The fourth-order valence-corrected chi connectivity index (χ4v) is 5.37.